The SMILES string of the molecule is CC1CCCC(N(C)C(=O)c2csc(CCN)n2)C1.Cl. The number of carbonyl (C=O) groups excluding carboxylic acids is 1. The van der Waals surface area contributed by atoms with Crippen molar-refractivity contribution in [1.82, 2.24) is 9.88 Å². The lowest BCUT2D eigenvalue weighted by Gasteiger charge is -2.33. The smallest absolute Gasteiger partial charge is 0.273 e. The lowest BCUT2D eigenvalue weighted by Crippen LogP contribution is -2.40. The van der Waals surface area contributed by atoms with Crippen LogP contribution < -0.4 is 5.73 Å². The van der Waals surface area contributed by atoms with Crippen molar-refractivity contribution in [3.63, 3.8) is 0 Å². The molecule has 2 rings (SSSR count). The zero-order valence-corrected chi connectivity index (χ0v) is 13.8. The molecule has 0 spiro atoms. The van der Waals surface area contributed by atoms with Crippen LogP contribution in [0.15, 0.2) is 5.38 Å². The Balaban J connectivity index is 0.00000200. The number of nitrogens with zero attached hydrogens (tertiary/aromatic N) is 2. The van der Waals surface area contributed by atoms with E-state index in [1.54, 1.807) is 0 Å². The van der Waals surface area contributed by atoms with E-state index < -0.39 is 0 Å². The van der Waals surface area contributed by atoms with Crippen molar-refractivity contribution in [2.24, 2.45) is 11.7 Å². The Hall–Kier alpha value is -0.650. The molecule has 0 radical (unpaired) electrons. The minimum atomic E-state index is 0. The second-order valence-corrected chi connectivity index (χ2v) is 6.45. The summed E-state index contributed by atoms with van der Waals surface area (Å²) in [6, 6.07) is 0.371. The average molecular weight is 318 g/mol. The summed E-state index contributed by atoms with van der Waals surface area (Å²) < 4.78 is 0. The minimum Gasteiger partial charge on any atom is -0.337 e. The van der Waals surface area contributed by atoms with Crippen LogP contribution in [0, 0.1) is 5.92 Å². The highest BCUT2D eigenvalue weighted by molar-refractivity contribution is 7.09. The molecule has 2 N–H and O–H groups in total. The van der Waals surface area contributed by atoms with Gasteiger partial charge in [0.15, 0.2) is 0 Å². The summed E-state index contributed by atoms with van der Waals surface area (Å²) in [7, 11) is 1.91. The number of nitrogens with two attached hydrogens (primary N) is 1. The van der Waals surface area contributed by atoms with Crippen molar-refractivity contribution in [3.05, 3.63) is 16.1 Å². The number of amides is 1. The van der Waals surface area contributed by atoms with Crippen molar-refractivity contribution in [3.8, 4) is 0 Å². The molecule has 2 unspecified atom stereocenters. The highest BCUT2D eigenvalue weighted by Crippen LogP contribution is 2.27. The highest BCUT2D eigenvalue weighted by Gasteiger charge is 2.27. The molecular weight excluding hydrogens is 294 g/mol. The molecule has 1 saturated carbocycles. The monoisotopic (exact) mass is 317 g/mol. The van der Waals surface area contributed by atoms with Gasteiger partial charge in [-0.1, -0.05) is 19.8 Å². The quantitative estimate of drug-likeness (QED) is 0.929. The van der Waals surface area contributed by atoms with Gasteiger partial charge < -0.3 is 10.6 Å². The van der Waals surface area contributed by atoms with Gasteiger partial charge in [0.2, 0.25) is 0 Å². The topological polar surface area (TPSA) is 59.2 Å². The zero-order chi connectivity index (χ0) is 13.8. The van der Waals surface area contributed by atoms with Crippen LogP contribution in [-0.4, -0.2) is 35.4 Å². The Morgan fingerprint density at radius 2 is 2.30 bits per heavy atom. The molecule has 4 nitrogen and oxygen atoms in total. The van der Waals surface area contributed by atoms with Crippen LogP contribution >= 0.6 is 23.7 Å². The molecule has 1 fully saturated rings. The average Bonchev–Trinajstić information content (AvgIpc) is 2.86. The van der Waals surface area contributed by atoms with Gasteiger partial charge >= 0.3 is 0 Å². The second kappa shape index (κ2) is 7.96. The fraction of sp³-hybridized carbons (Fsp3) is 0.714. The molecule has 0 saturated heterocycles. The van der Waals surface area contributed by atoms with Crippen LogP contribution in [0.2, 0.25) is 0 Å². The van der Waals surface area contributed by atoms with Crippen molar-refractivity contribution in [1.29, 1.82) is 0 Å². The molecular formula is C14H24ClN3OS. The predicted molar refractivity (Wildman–Crippen MR) is 85.6 cm³/mol. The molecule has 1 aromatic rings. The zero-order valence-electron chi connectivity index (χ0n) is 12.2. The molecule has 0 aromatic carbocycles. The van der Waals surface area contributed by atoms with Gasteiger partial charge in [-0.2, -0.15) is 0 Å². The highest BCUT2D eigenvalue weighted by atomic mass is 35.5. The Bertz CT molecular complexity index is 438. The third-order valence-corrected chi connectivity index (χ3v) is 4.81. The van der Waals surface area contributed by atoms with Gasteiger partial charge in [0.25, 0.3) is 5.91 Å². The summed E-state index contributed by atoms with van der Waals surface area (Å²) in [5.74, 6) is 0.774. The van der Waals surface area contributed by atoms with Gasteiger partial charge in [-0.3, -0.25) is 4.79 Å². The number of carbonyl (C=O) groups is 1. The number of rotatable bonds is 4. The Kier molecular flexibility index (Phi) is 6.92. The van der Waals surface area contributed by atoms with Crippen molar-refractivity contribution >= 4 is 29.7 Å². The van der Waals surface area contributed by atoms with Crippen molar-refractivity contribution < 1.29 is 4.79 Å². The maximum atomic E-state index is 12.4. The van der Waals surface area contributed by atoms with E-state index in [0.717, 1.165) is 30.2 Å². The Labute approximate surface area is 131 Å². The normalized spacial score (nSPS) is 22.1. The summed E-state index contributed by atoms with van der Waals surface area (Å²) in [5, 5.41) is 2.81. The van der Waals surface area contributed by atoms with Gasteiger partial charge in [0.1, 0.15) is 5.69 Å². The number of thiazole rings is 1. The first-order valence-electron chi connectivity index (χ1n) is 7.03. The van der Waals surface area contributed by atoms with Crippen molar-refractivity contribution in [2.45, 2.75) is 45.1 Å². The fourth-order valence-corrected chi connectivity index (χ4v) is 3.54. The Morgan fingerprint density at radius 1 is 1.55 bits per heavy atom. The molecule has 1 amide bonds. The van der Waals surface area contributed by atoms with E-state index in [0.29, 0.717) is 18.3 Å². The molecule has 1 aromatic heterocycles. The number of hydrogen-bond acceptors (Lipinski definition) is 4. The standard InChI is InChI=1S/C14H23N3OS.ClH/c1-10-4-3-5-11(8-10)17(2)14(18)12-9-19-13(16-12)6-7-15;/h9-11H,3-8,15H2,1-2H3;1H. The van der Waals surface area contributed by atoms with E-state index in [9.17, 15) is 4.79 Å². The first-order chi connectivity index (χ1) is 9.11. The molecule has 6 heteroatoms. The summed E-state index contributed by atoms with van der Waals surface area (Å²) >= 11 is 1.53. The lowest BCUT2D eigenvalue weighted by molar-refractivity contribution is 0.0667. The van der Waals surface area contributed by atoms with Crippen LogP contribution in [0.4, 0.5) is 0 Å². The summed E-state index contributed by atoms with van der Waals surface area (Å²) in [5.41, 5.74) is 6.09. The number of halogens is 1. The third kappa shape index (κ3) is 4.17. The van der Waals surface area contributed by atoms with E-state index >= 15 is 0 Å². The number of hydrogen-bond donors (Lipinski definition) is 1. The first-order valence-corrected chi connectivity index (χ1v) is 7.91. The van der Waals surface area contributed by atoms with E-state index in [1.807, 2.05) is 17.3 Å². The first kappa shape index (κ1) is 17.4. The van der Waals surface area contributed by atoms with Gasteiger partial charge in [0.05, 0.1) is 5.01 Å². The van der Waals surface area contributed by atoms with E-state index in [4.69, 9.17) is 5.73 Å². The largest absolute Gasteiger partial charge is 0.337 e. The molecule has 0 bridgehead atoms. The fourth-order valence-electron chi connectivity index (χ4n) is 2.75. The number of aromatic nitrogens is 1. The molecule has 1 aliphatic carbocycles. The van der Waals surface area contributed by atoms with Crippen LogP contribution in [0.3, 0.4) is 0 Å². The van der Waals surface area contributed by atoms with Crippen LogP contribution in [-0.2, 0) is 6.42 Å². The maximum Gasteiger partial charge on any atom is 0.273 e. The predicted octanol–water partition coefficient (Wildman–Crippen LogP) is 2.72. The molecule has 0 aliphatic heterocycles. The second-order valence-electron chi connectivity index (χ2n) is 5.51. The van der Waals surface area contributed by atoms with Crippen LogP contribution in [0.5, 0.6) is 0 Å². The van der Waals surface area contributed by atoms with Gasteiger partial charge in [0, 0.05) is 24.9 Å². The molecule has 114 valence electrons. The van der Waals surface area contributed by atoms with Gasteiger partial charge in [-0.15, -0.1) is 23.7 Å². The van der Waals surface area contributed by atoms with Gasteiger partial charge in [-0.25, -0.2) is 4.98 Å². The molecule has 2 atom stereocenters. The lowest BCUT2D eigenvalue weighted by atomic mass is 9.86. The summed E-state index contributed by atoms with van der Waals surface area (Å²) in [6.45, 7) is 2.85. The maximum absolute atomic E-state index is 12.4. The van der Waals surface area contributed by atoms with Crippen LogP contribution in [0.25, 0.3) is 0 Å². The van der Waals surface area contributed by atoms with Gasteiger partial charge in [-0.05, 0) is 25.3 Å². The Morgan fingerprint density at radius 3 is 2.95 bits per heavy atom. The molecule has 1 aliphatic rings. The van der Waals surface area contributed by atoms with Crippen molar-refractivity contribution in [2.75, 3.05) is 13.6 Å². The summed E-state index contributed by atoms with van der Waals surface area (Å²) in [4.78, 5) is 18.7. The summed E-state index contributed by atoms with van der Waals surface area (Å²) in [6.07, 6.45) is 5.49. The molecule has 20 heavy (non-hydrogen) atoms. The minimum absolute atomic E-state index is 0. The van der Waals surface area contributed by atoms with E-state index in [1.165, 1.54) is 24.2 Å². The van der Waals surface area contributed by atoms with E-state index in [-0.39, 0.29) is 18.3 Å². The third-order valence-electron chi connectivity index (χ3n) is 3.91. The van der Waals surface area contributed by atoms with Crippen LogP contribution in [0.1, 0.15) is 48.1 Å². The molecule has 1 heterocycles. The van der Waals surface area contributed by atoms with E-state index in [2.05, 4.69) is 11.9 Å².